The van der Waals surface area contributed by atoms with Crippen LogP contribution < -0.4 is 5.73 Å². The third-order valence-electron chi connectivity index (χ3n) is 5.03. The lowest BCUT2D eigenvalue weighted by atomic mass is 9.87. The molecule has 0 bridgehead atoms. The molecular formula is C18H26N2OS. The Morgan fingerprint density at radius 3 is 2.59 bits per heavy atom. The van der Waals surface area contributed by atoms with Crippen molar-refractivity contribution in [3.8, 4) is 0 Å². The summed E-state index contributed by atoms with van der Waals surface area (Å²) in [7, 11) is 0. The van der Waals surface area contributed by atoms with E-state index in [2.05, 4.69) is 11.8 Å². The van der Waals surface area contributed by atoms with Gasteiger partial charge in [0.05, 0.1) is 0 Å². The van der Waals surface area contributed by atoms with Crippen LogP contribution in [0.15, 0.2) is 24.3 Å². The Morgan fingerprint density at radius 2 is 1.91 bits per heavy atom. The Bertz CT molecular complexity index is 517. The topological polar surface area (TPSA) is 46.3 Å². The zero-order valence-corrected chi connectivity index (χ0v) is 14.2. The predicted molar refractivity (Wildman–Crippen MR) is 93.0 cm³/mol. The van der Waals surface area contributed by atoms with E-state index >= 15 is 0 Å². The van der Waals surface area contributed by atoms with Gasteiger partial charge in [-0.25, -0.2) is 0 Å². The maximum atomic E-state index is 12.8. The molecule has 4 heteroatoms. The molecule has 1 aromatic rings. The summed E-state index contributed by atoms with van der Waals surface area (Å²) in [4.78, 5) is 14.8. The molecule has 1 atom stereocenters. The summed E-state index contributed by atoms with van der Waals surface area (Å²) in [6, 6.07) is 7.48. The van der Waals surface area contributed by atoms with E-state index in [1.807, 2.05) is 36.1 Å². The Balaban J connectivity index is 1.69. The van der Waals surface area contributed by atoms with Gasteiger partial charge in [-0.2, -0.15) is 11.8 Å². The Hall–Kier alpha value is -1.00. The maximum Gasteiger partial charge on any atom is 0.244 e. The van der Waals surface area contributed by atoms with Crippen molar-refractivity contribution < 1.29 is 4.79 Å². The SMILES string of the molecule is Cc1ccc(C(N)C(=O)N2CCSC3(CCCCC3)C2)cc1. The number of aryl methyl sites for hydroxylation is 1. The van der Waals surface area contributed by atoms with Gasteiger partial charge in [0.1, 0.15) is 6.04 Å². The second-order valence-corrected chi connectivity index (χ2v) is 8.30. The fourth-order valence-corrected chi connectivity index (χ4v) is 5.21. The summed E-state index contributed by atoms with van der Waals surface area (Å²) < 4.78 is 0.305. The van der Waals surface area contributed by atoms with Crippen LogP contribution in [0.3, 0.4) is 0 Å². The van der Waals surface area contributed by atoms with Crippen molar-refractivity contribution >= 4 is 17.7 Å². The zero-order chi connectivity index (χ0) is 15.6. The highest BCUT2D eigenvalue weighted by atomic mass is 32.2. The minimum atomic E-state index is -0.524. The number of thioether (sulfide) groups is 1. The fraction of sp³-hybridized carbons (Fsp3) is 0.611. The van der Waals surface area contributed by atoms with E-state index in [1.54, 1.807) is 0 Å². The van der Waals surface area contributed by atoms with Crippen LogP contribution in [0.5, 0.6) is 0 Å². The van der Waals surface area contributed by atoms with Gasteiger partial charge in [0.15, 0.2) is 0 Å². The summed E-state index contributed by atoms with van der Waals surface area (Å²) in [6.45, 7) is 3.77. The molecule has 1 aliphatic heterocycles. The first-order chi connectivity index (χ1) is 10.6. The van der Waals surface area contributed by atoms with Crippen molar-refractivity contribution in [2.45, 2.75) is 49.8 Å². The van der Waals surface area contributed by atoms with Crippen molar-refractivity contribution in [1.29, 1.82) is 0 Å². The minimum Gasteiger partial charge on any atom is -0.339 e. The third-order valence-corrected chi connectivity index (χ3v) is 6.56. The number of rotatable bonds is 2. The minimum absolute atomic E-state index is 0.0918. The highest BCUT2D eigenvalue weighted by Crippen LogP contribution is 2.43. The first kappa shape index (κ1) is 15.9. The summed E-state index contributed by atoms with van der Waals surface area (Å²) in [5.41, 5.74) is 8.36. The first-order valence-corrected chi connectivity index (χ1v) is 9.33. The highest BCUT2D eigenvalue weighted by Gasteiger charge is 2.39. The van der Waals surface area contributed by atoms with Crippen molar-refractivity contribution in [2.75, 3.05) is 18.8 Å². The van der Waals surface area contributed by atoms with Gasteiger partial charge in [-0.05, 0) is 25.3 Å². The fourth-order valence-electron chi connectivity index (χ4n) is 3.64. The molecule has 1 saturated heterocycles. The molecule has 1 amide bonds. The largest absolute Gasteiger partial charge is 0.339 e. The summed E-state index contributed by atoms with van der Waals surface area (Å²) in [5.74, 6) is 1.14. The number of carbonyl (C=O) groups is 1. The van der Waals surface area contributed by atoms with Crippen LogP contribution in [0, 0.1) is 6.92 Å². The van der Waals surface area contributed by atoms with Crippen LogP contribution in [0.25, 0.3) is 0 Å². The van der Waals surface area contributed by atoms with Crippen LogP contribution >= 0.6 is 11.8 Å². The van der Waals surface area contributed by atoms with E-state index < -0.39 is 6.04 Å². The van der Waals surface area contributed by atoms with Gasteiger partial charge >= 0.3 is 0 Å². The van der Waals surface area contributed by atoms with Gasteiger partial charge in [-0.15, -0.1) is 0 Å². The van der Waals surface area contributed by atoms with E-state index in [0.29, 0.717) is 4.75 Å². The lowest BCUT2D eigenvalue weighted by molar-refractivity contribution is -0.133. The normalized spacial score (nSPS) is 22.5. The van der Waals surface area contributed by atoms with Crippen LogP contribution in [-0.2, 0) is 4.79 Å². The maximum absolute atomic E-state index is 12.8. The number of nitrogens with zero attached hydrogens (tertiary/aromatic N) is 1. The first-order valence-electron chi connectivity index (χ1n) is 8.35. The average Bonchev–Trinajstić information content (AvgIpc) is 2.55. The van der Waals surface area contributed by atoms with Crippen LogP contribution in [0.2, 0.25) is 0 Å². The predicted octanol–water partition coefficient (Wildman–Crippen LogP) is 3.27. The number of benzene rings is 1. The van der Waals surface area contributed by atoms with Crippen molar-refractivity contribution in [3.05, 3.63) is 35.4 Å². The molecule has 2 fully saturated rings. The lowest BCUT2D eigenvalue weighted by Gasteiger charge is -2.45. The van der Waals surface area contributed by atoms with E-state index in [4.69, 9.17) is 5.73 Å². The second kappa shape index (κ2) is 6.63. The smallest absolute Gasteiger partial charge is 0.244 e. The monoisotopic (exact) mass is 318 g/mol. The summed E-state index contributed by atoms with van der Waals surface area (Å²) in [5, 5.41) is 0. The molecular weight excluding hydrogens is 292 g/mol. The van der Waals surface area contributed by atoms with Crippen molar-refractivity contribution in [3.63, 3.8) is 0 Å². The van der Waals surface area contributed by atoms with Crippen LogP contribution in [-0.4, -0.2) is 34.4 Å². The lowest BCUT2D eigenvalue weighted by Crippen LogP contribution is -2.52. The molecule has 1 aromatic carbocycles. The van der Waals surface area contributed by atoms with Gasteiger partial charge in [0.2, 0.25) is 5.91 Å². The molecule has 1 saturated carbocycles. The van der Waals surface area contributed by atoms with Gasteiger partial charge < -0.3 is 10.6 Å². The van der Waals surface area contributed by atoms with Crippen LogP contribution in [0.4, 0.5) is 0 Å². The summed E-state index contributed by atoms with van der Waals surface area (Å²) in [6.07, 6.45) is 6.46. The molecule has 1 aliphatic carbocycles. The molecule has 0 radical (unpaired) electrons. The molecule has 120 valence electrons. The van der Waals surface area contributed by atoms with Crippen molar-refractivity contribution in [1.82, 2.24) is 4.90 Å². The van der Waals surface area contributed by atoms with E-state index in [1.165, 1.54) is 37.7 Å². The Kier molecular flexibility index (Phi) is 4.79. The number of hydrogen-bond acceptors (Lipinski definition) is 3. The number of carbonyl (C=O) groups excluding carboxylic acids is 1. The molecule has 1 heterocycles. The van der Waals surface area contributed by atoms with Gasteiger partial charge in [0, 0.05) is 23.6 Å². The standard InChI is InChI=1S/C18H26N2OS/c1-14-5-7-15(8-6-14)16(19)17(21)20-11-12-22-18(13-20)9-3-2-4-10-18/h5-8,16H,2-4,9-13,19H2,1H3. The summed E-state index contributed by atoms with van der Waals surface area (Å²) >= 11 is 2.08. The van der Waals surface area contributed by atoms with E-state index in [9.17, 15) is 4.79 Å². The van der Waals surface area contributed by atoms with Gasteiger partial charge in [-0.3, -0.25) is 4.79 Å². The molecule has 1 unspecified atom stereocenters. The van der Waals surface area contributed by atoms with Crippen molar-refractivity contribution in [2.24, 2.45) is 5.73 Å². The molecule has 3 nitrogen and oxygen atoms in total. The van der Waals surface area contributed by atoms with Crippen LogP contribution in [0.1, 0.15) is 49.3 Å². The Morgan fingerprint density at radius 1 is 1.23 bits per heavy atom. The van der Waals surface area contributed by atoms with E-state index in [0.717, 1.165) is 24.4 Å². The molecule has 2 aliphatic rings. The quantitative estimate of drug-likeness (QED) is 0.910. The number of amides is 1. The van der Waals surface area contributed by atoms with Gasteiger partial charge in [0.25, 0.3) is 0 Å². The molecule has 2 N–H and O–H groups in total. The molecule has 1 spiro atoms. The van der Waals surface area contributed by atoms with E-state index in [-0.39, 0.29) is 5.91 Å². The molecule has 0 aromatic heterocycles. The zero-order valence-electron chi connectivity index (χ0n) is 13.4. The second-order valence-electron chi connectivity index (χ2n) is 6.74. The Labute approximate surface area is 137 Å². The number of hydrogen-bond donors (Lipinski definition) is 1. The van der Waals surface area contributed by atoms with Gasteiger partial charge in [-0.1, -0.05) is 49.1 Å². The number of nitrogens with two attached hydrogens (primary N) is 1. The third kappa shape index (κ3) is 3.33. The average molecular weight is 318 g/mol. The molecule has 22 heavy (non-hydrogen) atoms. The highest BCUT2D eigenvalue weighted by molar-refractivity contribution is 8.00. The molecule has 3 rings (SSSR count).